The van der Waals surface area contributed by atoms with Gasteiger partial charge in [-0.15, -0.1) is 0 Å². The predicted octanol–water partition coefficient (Wildman–Crippen LogP) is 5.27. The first kappa shape index (κ1) is 21.9. The summed E-state index contributed by atoms with van der Waals surface area (Å²) in [5.41, 5.74) is 4.29. The predicted molar refractivity (Wildman–Crippen MR) is 122 cm³/mol. The quantitative estimate of drug-likeness (QED) is 0.320. The molecule has 3 aromatic carbocycles. The standard InChI is InChI=1S/C22H18Br2N2O4/c1-29-16-7-8-17(20(27)11-16)22(28)26-25-12-15-9-18(23)21(19(24)10-15)30-13-14-5-3-2-4-6-14/h2-12,27H,13H2,1H3,(H,26,28)/b25-12-. The molecule has 0 radical (unpaired) electrons. The maximum absolute atomic E-state index is 12.2. The number of benzene rings is 3. The SMILES string of the molecule is COc1ccc(C(=O)N/N=C\c2cc(Br)c(OCc3ccccc3)c(Br)c2)c(O)c1. The first-order valence-corrected chi connectivity index (χ1v) is 10.4. The van der Waals surface area contributed by atoms with Crippen molar-refractivity contribution in [1.29, 1.82) is 0 Å². The van der Waals surface area contributed by atoms with Crippen molar-refractivity contribution in [3.05, 3.63) is 86.3 Å². The Balaban J connectivity index is 1.65. The van der Waals surface area contributed by atoms with Gasteiger partial charge in [-0.1, -0.05) is 30.3 Å². The number of hydrogen-bond acceptors (Lipinski definition) is 5. The number of ether oxygens (including phenoxy) is 2. The zero-order valence-electron chi connectivity index (χ0n) is 15.9. The maximum Gasteiger partial charge on any atom is 0.275 e. The van der Waals surface area contributed by atoms with Crippen molar-refractivity contribution < 1.29 is 19.4 Å². The van der Waals surface area contributed by atoms with Gasteiger partial charge in [0.05, 0.1) is 27.8 Å². The lowest BCUT2D eigenvalue weighted by Crippen LogP contribution is -2.17. The number of rotatable bonds is 7. The summed E-state index contributed by atoms with van der Waals surface area (Å²) in [6, 6.07) is 17.9. The normalized spacial score (nSPS) is 10.8. The van der Waals surface area contributed by atoms with Gasteiger partial charge in [0, 0.05) is 6.07 Å². The van der Waals surface area contributed by atoms with Crippen molar-refractivity contribution in [2.75, 3.05) is 7.11 Å². The lowest BCUT2D eigenvalue weighted by molar-refractivity contribution is 0.0952. The highest BCUT2D eigenvalue weighted by molar-refractivity contribution is 9.11. The van der Waals surface area contributed by atoms with Crippen LogP contribution in [0.1, 0.15) is 21.5 Å². The van der Waals surface area contributed by atoms with E-state index in [9.17, 15) is 9.90 Å². The molecule has 0 aliphatic heterocycles. The molecule has 3 aromatic rings. The molecule has 30 heavy (non-hydrogen) atoms. The van der Waals surface area contributed by atoms with Gasteiger partial charge >= 0.3 is 0 Å². The van der Waals surface area contributed by atoms with E-state index in [2.05, 4.69) is 42.4 Å². The summed E-state index contributed by atoms with van der Waals surface area (Å²) < 4.78 is 12.4. The van der Waals surface area contributed by atoms with Crippen LogP contribution < -0.4 is 14.9 Å². The Bertz CT molecular complexity index is 1050. The van der Waals surface area contributed by atoms with Crippen LogP contribution in [0, 0.1) is 0 Å². The molecule has 0 aromatic heterocycles. The van der Waals surface area contributed by atoms with Crippen LogP contribution in [-0.2, 0) is 6.61 Å². The number of carbonyl (C=O) groups is 1. The second kappa shape index (κ2) is 10.3. The molecule has 0 aliphatic carbocycles. The third-order valence-corrected chi connectivity index (χ3v) is 5.25. The minimum Gasteiger partial charge on any atom is -0.507 e. The van der Waals surface area contributed by atoms with E-state index in [4.69, 9.17) is 9.47 Å². The Kier molecular flexibility index (Phi) is 7.48. The number of methoxy groups -OCH3 is 1. The molecular formula is C22H18Br2N2O4. The molecule has 0 fully saturated rings. The summed E-state index contributed by atoms with van der Waals surface area (Å²) in [6.07, 6.45) is 1.50. The van der Waals surface area contributed by atoms with Gasteiger partial charge in [-0.25, -0.2) is 5.43 Å². The number of aromatic hydroxyl groups is 1. The van der Waals surface area contributed by atoms with Crippen molar-refractivity contribution in [2.45, 2.75) is 6.61 Å². The monoisotopic (exact) mass is 532 g/mol. The molecule has 1 amide bonds. The summed E-state index contributed by atoms with van der Waals surface area (Å²) >= 11 is 7.01. The first-order valence-electron chi connectivity index (χ1n) is 8.84. The lowest BCUT2D eigenvalue weighted by Gasteiger charge is -2.11. The molecular weight excluding hydrogens is 516 g/mol. The first-order chi connectivity index (χ1) is 14.5. The minimum absolute atomic E-state index is 0.0972. The maximum atomic E-state index is 12.2. The largest absolute Gasteiger partial charge is 0.507 e. The van der Waals surface area contributed by atoms with E-state index in [0.29, 0.717) is 18.1 Å². The van der Waals surface area contributed by atoms with Crippen LogP contribution in [-0.4, -0.2) is 24.3 Å². The van der Waals surface area contributed by atoms with Crippen LogP contribution >= 0.6 is 31.9 Å². The van der Waals surface area contributed by atoms with Gasteiger partial charge in [-0.05, 0) is 67.3 Å². The second-order valence-electron chi connectivity index (χ2n) is 6.17. The van der Waals surface area contributed by atoms with E-state index in [1.807, 2.05) is 42.5 Å². The minimum atomic E-state index is -0.535. The number of hydrazone groups is 1. The molecule has 8 heteroatoms. The summed E-state index contributed by atoms with van der Waals surface area (Å²) in [5.74, 6) is 0.403. The lowest BCUT2D eigenvalue weighted by atomic mass is 10.2. The Labute approximate surface area is 190 Å². The summed E-state index contributed by atoms with van der Waals surface area (Å²) in [7, 11) is 1.48. The average Bonchev–Trinajstić information content (AvgIpc) is 2.73. The van der Waals surface area contributed by atoms with E-state index in [1.54, 1.807) is 6.07 Å². The number of phenols is 1. The number of phenolic OH excluding ortho intramolecular Hbond substituents is 1. The van der Waals surface area contributed by atoms with Crippen molar-refractivity contribution in [3.63, 3.8) is 0 Å². The van der Waals surface area contributed by atoms with Crippen molar-refractivity contribution in [3.8, 4) is 17.2 Å². The smallest absolute Gasteiger partial charge is 0.275 e. The Morgan fingerprint density at radius 1 is 1.10 bits per heavy atom. The van der Waals surface area contributed by atoms with Gasteiger partial charge in [0.25, 0.3) is 5.91 Å². The van der Waals surface area contributed by atoms with Crippen LogP contribution in [0.2, 0.25) is 0 Å². The number of nitrogens with zero attached hydrogens (tertiary/aromatic N) is 1. The fourth-order valence-electron chi connectivity index (χ4n) is 2.58. The van der Waals surface area contributed by atoms with Gasteiger partial charge < -0.3 is 14.6 Å². The van der Waals surface area contributed by atoms with Crippen LogP contribution in [0.25, 0.3) is 0 Å². The van der Waals surface area contributed by atoms with Gasteiger partial charge in [0.15, 0.2) is 0 Å². The van der Waals surface area contributed by atoms with Crippen molar-refractivity contribution >= 4 is 44.0 Å². The number of amides is 1. The Morgan fingerprint density at radius 3 is 2.43 bits per heavy atom. The molecule has 3 rings (SSSR count). The van der Waals surface area contributed by atoms with Crippen LogP contribution in [0.5, 0.6) is 17.2 Å². The van der Waals surface area contributed by atoms with Gasteiger partial charge in [0.2, 0.25) is 0 Å². The van der Waals surface area contributed by atoms with Crippen LogP contribution in [0.3, 0.4) is 0 Å². The topological polar surface area (TPSA) is 80.2 Å². The highest BCUT2D eigenvalue weighted by Crippen LogP contribution is 2.35. The summed E-state index contributed by atoms with van der Waals surface area (Å²) in [6.45, 7) is 0.437. The zero-order chi connectivity index (χ0) is 21.5. The van der Waals surface area contributed by atoms with E-state index >= 15 is 0 Å². The van der Waals surface area contributed by atoms with Crippen molar-refractivity contribution in [1.82, 2.24) is 5.43 Å². The van der Waals surface area contributed by atoms with E-state index in [1.165, 1.54) is 25.5 Å². The number of nitrogens with one attached hydrogen (secondary N) is 1. The second-order valence-corrected chi connectivity index (χ2v) is 7.88. The molecule has 0 atom stereocenters. The number of halogens is 2. The Hall–Kier alpha value is -2.84. The van der Waals surface area contributed by atoms with Gasteiger partial charge in [-0.2, -0.15) is 5.10 Å². The highest BCUT2D eigenvalue weighted by atomic mass is 79.9. The molecule has 0 unspecified atom stereocenters. The molecule has 0 saturated carbocycles. The van der Waals surface area contributed by atoms with Gasteiger partial charge in [0.1, 0.15) is 23.9 Å². The van der Waals surface area contributed by atoms with E-state index in [-0.39, 0.29) is 11.3 Å². The van der Waals surface area contributed by atoms with Crippen LogP contribution in [0.15, 0.2) is 74.7 Å². The van der Waals surface area contributed by atoms with Crippen LogP contribution in [0.4, 0.5) is 0 Å². The highest BCUT2D eigenvalue weighted by Gasteiger charge is 2.12. The third kappa shape index (κ3) is 5.61. The average molecular weight is 534 g/mol. The van der Waals surface area contributed by atoms with Gasteiger partial charge in [-0.3, -0.25) is 4.79 Å². The molecule has 6 nitrogen and oxygen atoms in total. The fraction of sp³-hybridized carbons (Fsp3) is 0.0909. The van der Waals surface area contributed by atoms with E-state index < -0.39 is 5.91 Å². The number of carbonyl (C=O) groups excluding carboxylic acids is 1. The molecule has 154 valence electrons. The fourth-order valence-corrected chi connectivity index (χ4v) is 4.03. The summed E-state index contributed by atoms with van der Waals surface area (Å²) in [5, 5.41) is 13.9. The zero-order valence-corrected chi connectivity index (χ0v) is 19.1. The summed E-state index contributed by atoms with van der Waals surface area (Å²) in [4.78, 5) is 12.2. The van der Waals surface area contributed by atoms with Crippen molar-refractivity contribution in [2.24, 2.45) is 5.10 Å². The molecule has 0 saturated heterocycles. The molecule has 0 bridgehead atoms. The molecule has 0 heterocycles. The third-order valence-electron chi connectivity index (χ3n) is 4.08. The molecule has 0 spiro atoms. The molecule has 2 N–H and O–H groups in total. The number of hydrogen-bond donors (Lipinski definition) is 2. The molecule has 0 aliphatic rings. The van der Waals surface area contributed by atoms with E-state index in [0.717, 1.165) is 20.1 Å². The Morgan fingerprint density at radius 2 is 1.80 bits per heavy atom.